The lowest BCUT2D eigenvalue weighted by molar-refractivity contribution is -0.174. The van der Waals surface area contributed by atoms with Gasteiger partial charge in [-0.25, -0.2) is 4.68 Å². The number of furan rings is 1. The Hall–Kier alpha value is -2.75. The van der Waals surface area contributed by atoms with Crippen LogP contribution in [0.25, 0.3) is 0 Å². The summed E-state index contributed by atoms with van der Waals surface area (Å²) in [5.41, 5.74) is -0.0663. The first kappa shape index (κ1) is 17.7. The molecule has 0 unspecified atom stereocenters. The molecule has 3 aromatic heterocycles. The fourth-order valence-electron chi connectivity index (χ4n) is 3.03. The smallest absolute Gasteiger partial charge is 0.410 e. The minimum atomic E-state index is -4.50. The van der Waals surface area contributed by atoms with Gasteiger partial charge in [0.1, 0.15) is 11.6 Å². The molecule has 10 heteroatoms. The van der Waals surface area contributed by atoms with Crippen LogP contribution in [0, 0.1) is 0 Å². The highest BCUT2D eigenvalue weighted by atomic mass is 32.1. The summed E-state index contributed by atoms with van der Waals surface area (Å²) in [7, 11) is 0. The number of fused-ring (bicyclic) bond motifs is 1. The Kier molecular flexibility index (Phi) is 4.42. The van der Waals surface area contributed by atoms with Gasteiger partial charge in [-0.15, -0.1) is 11.3 Å². The quantitative estimate of drug-likeness (QED) is 0.696. The lowest BCUT2D eigenvalue weighted by Crippen LogP contribution is -2.35. The van der Waals surface area contributed by atoms with E-state index < -0.39 is 24.2 Å². The van der Waals surface area contributed by atoms with Crippen LogP contribution in [0.5, 0.6) is 0 Å². The molecule has 1 aliphatic rings. The number of anilines is 1. The van der Waals surface area contributed by atoms with Gasteiger partial charge in [-0.05, 0) is 23.6 Å². The molecular formula is C17H15F3N4O2S. The topological polar surface area (TPSA) is 72.1 Å². The van der Waals surface area contributed by atoms with E-state index in [0.717, 1.165) is 9.56 Å². The van der Waals surface area contributed by atoms with Crippen molar-refractivity contribution < 1.29 is 22.4 Å². The minimum absolute atomic E-state index is 0.0663. The third-order valence-corrected chi connectivity index (χ3v) is 5.19. The molecule has 3 aromatic rings. The fourth-order valence-corrected chi connectivity index (χ4v) is 3.68. The highest BCUT2D eigenvalue weighted by Crippen LogP contribution is 2.43. The number of halogens is 3. The first-order valence-corrected chi connectivity index (χ1v) is 9.06. The number of carbonyl (C=O) groups excluding carboxylic acids is 1. The van der Waals surface area contributed by atoms with Gasteiger partial charge in [-0.1, -0.05) is 6.07 Å². The molecule has 0 aliphatic carbocycles. The van der Waals surface area contributed by atoms with Crippen LogP contribution in [0.1, 0.15) is 39.6 Å². The number of carbonyl (C=O) groups is 1. The van der Waals surface area contributed by atoms with Crippen molar-refractivity contribution in [2.24, 2.45) is 0 Å². The van der Waals surface area contributed by atoms with E-state index in [9.17, 15) is 18.0 Å². The van der Waals surface area contributed by atoms with Gasteiger partial charge in [0.2, 0.25) is 0 Å². The maximum atomic E-state index is 13.6. The van der Waals surface area contributed by atoms with Gasteiger partial charge in [-0.3, -0.25) is 4.79 Å². The van der Waals surface area contributed by atoms with Gasteiger partial charge in [0.25, 0.3) is 5.91 Å². The van der Waals surface area contributed by atoms with Crippen LogP contribution in [-0.2, 0) is 6.54 Å². The SMILES string of the molecule is O=C(NCc1cccs1)c1cc2n(n1)[C@@H](C(F)(F)F)C[C@@H](c1ccco1)N2. The van der Waals surface area contributed by atoms with E-state index >= 15 is 0 Å². The average Bonchev–Trinajstić information content (AvgIpc) is 3.38. The van der Waals surface area contributed by atoms with E-state index in [-0.39, 0.29) is 17.9 Å². The maximum absolute atomic E-state index is 13.6. The van der Waals surface area contributed by atoms with E-state index in [1.807, 2.05) is 17.5 Å². The Bertz CT molecular complexity index is 919. The normalized spacial score (nSPS) is 19.4. The maximum Gasteiger partial charge on any atom is 0.410 e. The summed E-state index contributed by atoms with van der Waals surface area (Å²) in [6.07, 6.45) is -3.37. The van der Waals surface area contributed by atoms with Gasteiger partial charge in [-0.2, -0.15) is 18.3 Å². The predicted octanol–water partition coefficient (Wildman–Crippen LogP) is 4.13. The molecule has 27 heavy (non-hydrogen) atoms. The zero-order valence-electron chi connectivity index (χ0n) is 13.9. The molecule has 1 aliphatic heterocycles. The van der Waals surface area contributed by atoms with Crippen LogP contribution in [0.2, 0.25) is 0 Å². The second-order valence-electron chi connectivity index (χ2n) is 6.13. The molecule has 6 nitrogen and oxygen atoms in total. The zero-order chi connectivity index (χ0) is 19.0. The molecule has 0 aromatic carbocycles. The fraction of sp³-hybridized carbons (Fsp3) is 0.294. The lowest BCUT2D eigenvalue weighted by Gasteiger charge is -2.32. The molecule has 0 spiro atoms. The van der Waals surface area contributed by atoms with Crippen LogP contribution in [0.15, 0.2) is 46.4 Å². The second-order valence-corrected chi connectivity index (χ2v) is 7.16. The number of thiophene rings is 1. The number of aromatic nitrogens is 2. The van der Waals surface area contributed by atoms with Crippen LogP contribution in [-0.4, -0.2) is 21.9 Å². The van der Waals surface area contributed by atoms with Crippen molar-refractivity contribution in [3.63, 3.8) is 0 Å². The summed E-state index contributed by atoms with van der Waals surface area (Å²) in [6, 6.07) is 5.78. The van der Waals surface area contributed by atoms with Crippen LogP contribution in [0.4, 0.5) is 19.0 Å². The largest absolute Gasteiger partial charge is 0.467 e. The summed E-state index contributed by atoms with van der Waals surface area (Å²) in [6.45, 7) is 0.295. The minimum Gasteiger partial charge on any atom is -0.467 e. The van der Waals surface area contributed by atoms with Gasteiger partial charge < -0.3 is 15.1 Å². The first-order valence-electron chi connectivity index (χ1n) is 8.18. The monoisotopic (exact) mass is 396 g/mol. The number of nitrogens with zero attached hydrogens (tertiary/aromatic N) is 2. The lowest BCUT2D eigenvalue weighted by atomic mass is 10.0. The summed E-state index contributed by atoms with van der Waals surface area (Å²) in [5.74, 6) is 0.00854. The van der Waals surface area contributed by atoms with Gasteiger partial charge in [0.15, 0.2) is 11.7 Å². The molecule has 0 saturated heterocycles. The highest BCUT2D eigenvalue weighted by molar-refractivity contribution is 7.09. The van der Waals surface area contributed by atoms with Crippen LogP contribution >= 0.6 is 11.3 Å². The Balaban J connectivity index is 1.58. The average molecular weight is 396 g/mol. The molecule has 0 saturated carbocycles. The van der Waals surface area contributed by atoms with Crippen molar-refractivity contribution in [1.82, 2.24) is 15.1 Å². The second kappa shape index (κ2) is 6.76. The molecule has 2 atom stereocenters. The summed E-state index contributed by atoms with van der Waals surface area (Å²) < 4.78 is 46.8. The standard InChI is InChI=1S/C17H15F3N4O2S/c18-17(19,20)14-7-11(13-4-1-5-26-13)22-15-8-12(23-24(14)15)16(25)21-9-10-3-2-6-27-10/h1-6,8,11,14,22H,7,9H2,(H,21,25)/t11-,14+/m0/s1. The number of alkyl halides is 3. The number of amides is 1. The Morgan fingerprint density at radius 2 is 2.26 bits per heavy atom. The summed E-state index contributed by atoms with van der Waals surface area (Å²) >= 11 is 1.48. The van der Waals surface area contributed by atoms with Gasteiger partial charge in [0, 0.05) is 17.4 Å². The van der Waals surface area contributed by atoms with Crippen molar-refractivity contribution in [2.45, 2.75) is 31.2 Å². The van der Waals surface area contributed by atoms with Gasteiger partial charge >= 0.3 is 6.18 Å². The molecule has 2 N–H and O–H groups in total. The number of rotatable bonds is 4. The van der Waals surface area contributed by atoms with Crippen molar-refractivity contribution in [3.05, 3.63) is 58.3 Å². The molecule has 0 bridgehead atoms. The molecule has 1 amide bonds. The summed E-state index contributed by atoms with van der Waals surface area (Å²) in [4.78, 5) is 13.3. The Morgan fingerprint density at radius 1 is 1.41 bits per heavy atom. The predicted molar refractivity (Wildman–Crippen MR) is 92.5 cm³/mol. The van der Waals surface area contributed by atoms with Crippen LogP contribution < -0.4 is 10.6 Å². The van der Waals surface area contributed by atoms with E-state index in [0.29, 0.717) is 12.3 Å². The molecular weight excluding hydrogens is 381 g/mol. The Morgan fingerprint density at radius 3 is 2.93 bits per heavy atom. The molecule has 0 fully saturated rings. The molecule has 4 heterocycles. The summed E-state index contributed by atoms with van der Waals surface area (Å²) in [5, 5.41) is 11.4. The van der Waals surface area contributed by atoms with E-state index in [2.05, 4.69) is 15.7 Å². The third kappa shape index (κ3) is 3.57. The third-order valence-electron chi connectivity index (χ3n) is 4.31. The molecule has 4 rings (SSSR count). The van der Waals surface area contributed by atoms with Crippen LogP contribution in [0.3, 0.4) is 0 Å². The van der Waals surface area contributed by atoms with Crippen molar-refractivity contribution in [1.29, 1.82) is 0 Å². The van der Waals surface area contributed by atoms with E-state index in [1.165, 1.54) is 23.7 Å². The van der Waals surface area contributed by atoms with Crippen molar-refractivity contribution >= 4 is 23.1 Å². The Labute approximate surface area is 156 Å². The molecule has 142 valence electrons. The van der Waals surface area contributed by atoms with E-state index in [4.69, 9.17) is 4.42 Å². The number of nitrogens with one attached hydrogen (secondary N) is 2. The van der Waals surface area contributed by atoms with Crippen molar-refractivity contribution in [2.75, 3.05) is 5.32 Å². The highest BCUT2D eigenvalue weighted by Gasteiger charge is 2.47. The zero-order valence-corrected chi connectivity index (χ0v) is 14.7. The van der Waals surface area contributed by atoms with Crippen molar-refractivity contribution in [3.8, 4) is 0 Å². The molecule has 0 radical (unpaired) electrons. The number of hydrogen-bond donors (Lipinski definition) is 2. The first-order chi connectivity index (χ1) is 12.9. The van der Waals surface area contributed by atoms with E-state index in [1.54, 1.807) is 12.1 Å². The number of hydrogen-bond acceptors (Lipinski definition) is 5. The van der Waals surface area contributed by atoms with Gasteiger partial charge in [0.05, 0.1) is 18.8 Å².